The molecule has 0 aliphatic carbocycles. The maximum Gasteiger partial charge on any atom is 0.160 e. The number of nitrogens with zero attached hydrogens (tertiary/aromatic N) is 3. The molecule has 50 heavy (non-hydrogen) atoms. The molecule has 6 aromatic carbocycles. The molecule has 0 unspecified atom stereocenters. The van der Waals surface area contributed by atoms with E-state index in [1.54, 1.807) is 6.20 Å². The zero-order chi connectivity index (χ0) is 33.0. The number of rotatable bonds is 5. The third kappa shape index (κ3) is 4.60. The minimum absolute atomic E-state index is 0.655. The van der Waals surface area contributed by atoms with E-state index in [0.29, 0.717) is 5.82 Å². The normalized spacial score (nSPS) is 11.6. The summed E-state index contributed by atoms with van der Waals surface area (Å²) in [5, 5.41) is 4.19. The summed E-state index contributed by atoms with van der Waals surface area (Å²) < 4.78 is 13.2. The maximum absolute atomic E-state index is 6.73. The first kappa shape index (κ1) is 28.2. The second kappa shape index (κ2) is 11.4. The van der Waals surface area contributed by atoms with E-state index in [9.17, 15) is 0 Å². The lowest BCUT2D eigenvalue weighted by molar-refractivity contribution is 0.665. The highest BCUT2D eigenvalue weighted by molar-refractivity contribution is 6.18. The van der Waals surface area contributed by atoms with Crippen molar-refractivity contribution in [2.24, 2.45) is 0 Å². The Morgan fingerprint density at radius 1 is 0.400 bits per heavy atom. The average molecular weight is 642 g/mol. The molecule has 234 valence electrons. The van der Waals surface area contributed by atoms with E-state index in [1.165, 1.54) is 0 Å². The van der Waals surface area contributed by atoms with Gasteiger partial charge in [0, 0.05) is 67.3 Å². The largest absolute Gasteiger partial charge is 0.455 e. The molecule has 0 aliphatic rings. The van der Waals surface area contributed by atoms with Gasteiger partial charge in [0.05, 0.1) is 11.4 Å². The van der Waals surface area contributed by atoms with Crippen LogP contribution in [-0.4, -0.2) is 15.0 Å². The summed E-state index contributed by atoms with van der Waals surface area (Å²) in [5.41, 5.74) is 11.9. The van der Waals surface area contributed by atoms with Gasteiger partial charge in [0.25, 0.3) is 0 Å². The number of para-hydroxylation sites is 3. The summed E-state index contributed by atoms with van der Waals surface area (Å²) >= 11 is 0. The fourth-order valence-electron chi connectivity index (χ4n) is 7.05. The van der Waals surface area contributed by atoms with Gasteiger partial charge in [-0.15, -0.1) is 0 Å². The van der Waals surface area contributed by atoms with E-state index in [2.05, 4.69) is 102 Å². The Hall–Kier alpha value is -6.85. The molecule has 0 radical (unpaired) electrons. The molecule has 0 amide bonds. The number of benzene rings is 6. The van der Waals surface area contributed by atoms with E-state index in [1.807, 2.05) is 60.8 Å². The monoisotopic (exact) mass is 641 g/mol. The van der Waals surface area contributed by atoms with E-state index in [-0.39, 0.29) is 0 Å². The van der Waals surface area contributed by atoms with Crippen molar-refractivity contribution in [2.75, 3.05) is 0 Å². The van der Waals surface area contributed by atoms with Crippen molar-refractivity contribution in [1.29, 1.82) is 0 Å². The molecule has 0 fully saturated rings. The zero-order valence-corrected chi connectivity index (χ0v) is 26.7. The molecule has 5 heteroatoms. The van der Waals surface area contributed by atoms with Gasteiger partial charge in [-0.1, -0.05) is 115 Å². The van der Waals surface area contributed by atoms with Crippen molar-refractivity contribution >= 4 is 43.9 Å². The molecule has 4 heterocycles. The predicted octanol–water partition coefficient (Wildman–Crippen LogP) is 12.0. The summed E-state index contributed by atoms with van der Waals surface area (Å²) in [4.78, 5) is 14.7. The lowest BCUT2D eigenvalue weighted by atomic mass is 9.95. The van der Waals surface area contributed by atoms with E-state index >= 15 is 0 Å². The Morgan fingerprint density at radius 3 is 1.90 bits per heavy atom. The number of fused-ring (bicyclic) bond motifs is 6. The van der Waals surface area contributed by atoms with Crippen LogP contribution in [0.25, 0.3) is 100 Å². The first-order valence-corrected chi connectivity index (χ1v) is 16.6. The highest BCUT2D eigenvalue weighted by atomic mass is 16.3. The highest BCUT2D eigenvalue weighted by Crippen LogP contribution is 2.45. The van der Waals surface area contributed by atoms with Crippen LogP contribution in [-0.2, 0) is 0 Å². The molecule has 0 N–H and O–H groups in total. The Labute approximate surface area is 287 Å². The molecule has 10 aromatic rings. The van der Waals surface area contributed by atoms with Crippen LogP contribution in [0.15, 0.2) is 173 Å². The van der Waals surface area contributed by atoms with Crippen LogP contribution in [0.4, 0.5) is 0 Å². The molecule has 0 saturated carbocycles. The molecular formula is C45H27N3O2. The number of hydrogen-bond donors (Lipinski definition) is 0. The fraction of sp³-hybridized carbons (Fsp3) is 0. The van der Waals surface area contributed by atoms with Gasteiger partial charge in [0.1, 0.15) is 22.3 Å². The van der Waals surface area contributed by atoms with Crippen molar-refractivity contribution in [1.82, 2.24) is 15.0 Å². The van der Waals surface area contributed by atoms with Crippen LogP contribution >= 0.6 is 0 Å². The van der Waals surface area contributed by atoms with Crippen LogP contribution < -0.4 is 0 Å². The van der Waals surface area contributed by atoms with Crippen molar-refractivity contribution in [3.8, 4) is 56.2 Å². The summed E-state index contributed by atoms with van der Waals surface area (Å²) in [6.45, 7) is 0. The van der Waals surface area contributed by atoms with Gasteiger partial charge in [0.2, 0.25) is 0 Å². The van der Waals surface area contributed by atoms with E-state index < -0.39 is 0 Å². The minimum Gasteiger partial charge on any atom is -0.455 e. The van der Waals surface area contributed by atoms with Gasteiger partial charge in [-0.2, -0.15) is 0 Å². The van der Waals surface area contributed by atoms with E-state index in [0.717, 1.165) is 94.2 Å². The van der Waals surface area contributed by atoms with Gasteiger partial charge in [0.15, 0.2) is 5.82 Å². The zero-order valence-electron chi connectivity index (χ0n) is 26.7. The number of pyridine rings is 1. The smallest absolute Gasteiger partial charge is 0.160 e. The second-order valence-corrected chi connectivity index (χ2v) is 12.4. The third-order valence-electron chi connectivity index (χ3n) is 9.41. The molecule has 0 bridgehead atoms. The fourth-order valence-corrected chi connectivity index (χ4v) is 7.05. The molecule has 0 spiro atoms. The molecule has 0 saturated heterocycles. The van der Waals surface area contributed by atoms with Crippen molar-refractivity contribution in [3.63, 3.8) is 0 Å². The lowest BCUT2D eigenvalue weighted by Crippen LogP contribution is -1.96. The maximum atomic E-state index is 6.73. The summed E-state index contributed by atoms with van der Waals surface area (Å²) in [6, 6.07) is 51.7. The second-order valence-electron chi connectivity index (χ2n) is 12.4. The lowest BCUT2D eigenvalue weighted by Gasteiger charge is -2.12. The molecule has 0 aliphatic heterocycles. The standard InChI is InChI=1S/C45H27N3O2/c1-2-11-28(12-3-1)45-47-38(30-14-8-13-29(25-30)31-15-10-24-46-27-31)26-39(48-45)36-23-22-35(44-42(36)37-17-5-7-21-41(37)50-44)34-19-9-18-33-32-16-4-6-20-40(32)49-43(33)34/h1-27H. The van der Waals surface area contributed by atoms with Crippen LogP contribution in [0.3, 0.4) is 0 Å². The number of furan rings is 2. The van der Waals surface area contributed by atoms with E-state index in [4.69, 9.17) is 18.8 Å². The van der Waals surface area contributed by atoms with Crippen LogP contribution in [0.2, 0.25) is 0 Å². The topological polar surface area (TPSA) is 65.0 Å². The van der Waals surface area contributed by atoms with Gasteiger partial charge < -0.3 is 8.83 Å². The summed E-state index contributed by atoms with van der Waals surface area (Å²) in [5.74, 6) is 0.655. The number of hydrogen-bond acceptors (Lipinski definition) is 5. The number of aromatic nitrogens is 3. The van der Waals surface area contributed by atoms with Crippen LogP contribution in [0.5, 0.6) is 0 Å². The molecule has 4 aromatic heterocycles. The Bertz CT molecular complexity index is 2870. The quantitative estimate of drug-likeness (QED) is 0.187. The molecule has 0 atom stereocenters. The summed E-state index contributed by atoms with van der Waals surface area (Å²) in [6.07, 6.45) is 3.67. The van der Waals surface area contributed by atoms with Gasteiger partial charge in [-0.3, -0.25) is 4.98 Å². The SMILES string of the molecule is c1ccc(-c2nc(-c3cccc(-c4cccnc4)c3)cc(-c3ccc(-c4cccc5c4oc4ccccc45)c4oc5ccccc5c34)n2)cc1. The molecule has 5 nitrogen and oxygen atoms in total. The van der Waals surface area contributed by atoms with Crippen LogP contribution in [0, 0.1) is 0 Å². The Kier molecular flexibility index (Phi) is 6.42. The molecular weight excluding hydrogens is 615 g/mol. The minimum atomic E-state index is 0.655. The van der Waals surface area contributed by atoms with Gasteiger partial charge in [-0.05, 0) is 42.0 Å². The Balaban J connectivity index is 1.23. The van der Waals surface area contributed by atoms with Crippen molar-refractivity contribution < 1.29 is 8.83 Å². The average Bonchev–Trinajstić information content (AvgIpc) is 3.78. The first-order chi connectivity index (χ1) is 24.8. The predicted molar refractivity (Wildman–Crippen MR) is 202 cm³/mol. The van der Waals surface area contributed by atoms with Crippen molar-refractivity contribution in [2.45, 2.75) is 0 Å². The third-order valence-corrected chi connectivity index (χ3v) is 9.41. The van der Waals surface area contributed by atoms with Gasteiger partial charge in [-0.25, -0.2) is 9.97 Å². The van der Waals surface area contributed by atoms with Crippen molar-refractivity contribution in [3.05, 3.63) is 164 Å². The first-order valence-electron chi connectivity index (χ1n) is 16.6. The van der Waals surface area contributed by atoms with Crippen LogP contribution in [0.1, 0.15) is 0 Å². The summed E-state index contributed by atoms with van der Waals surface area (Å²) in [7, 11) is 0. The highest BCUT2D eigenvalue weighted by Gasteiger charge is 2.22. The molecule has 10 rings (SSSR count). The Morgan fingerprint density at radius 2 is 1.04 bits per heavy atom. The van der Waals surface area contributed by atoms with Gasteiger partial charge >= 0.3 is 0 Å².